The summed E-state index contributed by atoms with van der Waals surface area (Å²) in [5.41, 5.74) is 1.96. The zero-order valence-electron chi connectivity index (χ0n) is 14.5. The second kappa shape index (κ2) is 7.92. The third kappa shape index (κ3) is 4.43. The molecule has 3 rings (SSSR count). The summed E-state index contributed by atoms with van der Waals surface area (Å²) >= 11 is 0. The number of aryl methyl sites for hydroxylation is 1. The summed E-state index contributed by atoms with van der Waals surface area (Å²) in [7, 11) is 1.74. The Morgan fingerprint density at radius 3 is 3.00 bits per heavy atom. The zero-order valence-corrected chi connectivity index (χ0v) is 14.5. The van der Waals surface area contributed by atoms with Crippen LogP contribution in [0.25, 0.3) is 0 Å². The van der Waals surface area contributed by atoms with Gasteiger partial charge in [-0.15, -0.1) is 0 Å². The Labute approximate surface area is 147 Å². The van der Waals surface area contributed by atoms with Crippen LogP contribution in [0.5, 0.6) is 0 Å². The average Bonchev–Trinajstić information content (AvgIpc) is 3.07. The summed E-state index contributed by atoms with van der Waals surface area (Å²) in [6.45, 7) is 4.03. The largest absolute Gasteiger partial charge is 0.352 e. The molecule has 2 N–H and O–H groups in total. The molecule has 2 aromatic rings. The molecule has 1 saturated heterocycles. The lowest BCUT2D eigenvalue weighted by molar-refractivity contribution is 0.612. The van der Waals surface area contributed by atoms with Crippen LogP contribution in [0, 0.1) is 12.7 Å². The van der Waals surface area contributed by atoms with Gasteiger partial charge in [-0.3, -0.25) is 9.98 Å². The molecule has 1 fully saturated rings. The Bertz CT molecular complexity index is 748. The molecule has 0 bridgehead atoms. The Hall–Kier alpha value is -2.70. The van der Waals surface area contributed by atoms with E-state index in [1.54, 1.807) is 19.3 Å². The molecule has 0 aromatic carbocycles. The maximum Gasteiger partial charge on any atom is 0.191 e. The smallest absolute Gasteiger partial charge is 0.191 e. The first-order valence-corrected chi connectivity index (χ1v) is 8.41. The van der Waals surface area contributed by atoms with Gasteiger partial charge >= 0.3 is 0 Å². The molecule has 1 unspecified atom stereocenters. The van der Waals surface area contributed by atoms with E-state index in [2.05, 4.69) is 25.6 Å². The number of aromatic nitrogens is 2. The highest BCUT2D eigenvalue weighted by Crippen LogP contribution is 2.20. The lowest BCUT2D eigenvalue weighted by atomic mass is 10.3. The molecule has 132 valence electrons. The minimum atomic E-state index is -0.281. The van der Waals surface area contributed by atoms with Crippen molar-refractivity contribution in [2.24, 2.45) is 4.99 Å². The van der Waals surface area contributed by atoms with Crippen LogP contribution in [0.4, 0.5) is 10.2 Å². The highest BCUT2D eigenvalue weighted by Gasteiger charge is 2.25. The van der Waals surface area contributed by atoms with E-state index in [-0.39, 0.29) is 11.9 Å². The minimum absolute atomic E-state index is 0.193. The second-order valence-corrected chi connectivity index (χ2v) is 6.08. The van der Waals surface area contributed by atoms with Crippen molar-refractivity contribution in [1.29, 1.82) is 0 Å². The highest BCUT2D eigenvalue weighted by atomic mass is 19.1. The van der Waals surface area contributed by atoms with Gasteiger partial charge in [0.15, 0.2) is 17.6 Å². The van der Waals surface area contributed by atoms with Gasteiger partial charge in [0.05, 0.1) is 12.2 Å². The topological polar surface area (TPSA) is 65.4 Å². The van der Waals surface area contributed by atoms with Crippen molar-refractivity contribution < 1.29 is 4.39 Å². The van der Waals surface area contributed by atoms with E-state index in [0.29, 0.717) is 18.9 Å². The predicted molar refractivity (Wildman–Crippen MR) is 97.1 cm³/mol. The second-order valence-electron chi connectivity index (χ2n) is 6.08. The van der Waals surface area contributed by atoms with Crippen LogP contribution in [0.2, 0.25) is 0 Å². The van der Waals surface area contributed by atoms with Gasteiger partial charge in [-0.05, 0) is 37.6 Å². The first-order valence-electron chi connectivity index (χ1n) is 8.41. The lowest BCUT2D eigenvalue weighted by Crippen LogP contribution is -2.44. The van der Waals surface area contributed by atoms with Crippen molar-refractivity contribution in [2.75, 3.05) is 25.0 Å². The van der Waals surface area contributed by atoms with Crippen LogP contribution >= 0.6 is 0 Å². The van der Waals surface area contributed by atoms with Crippen LogP contribution in [0.3, 0.4) is 0 Å². The fourth-order valence-corrected chi connectivity index (χ4v) is 2.94. The average molecular weight is 342 g/mol. The first-order chi connectivity index (χ1) is 12.2. The monoisotopic (exact) mass is 342 g/mol. The highest BCUT2D eigenvalue weighted by molar-refractivity contribution is 5.80. The van der Waals surface area contributed by atoms with Gasteiger partial charge < -0.3 is 15.5 Å². The van der Waals surface area contributed by atoms with Crippen molar-refractivity contribution in [1.82, 2.24) is 20.6 Å². The van der Waals surface area contributed by atoms with Gasteiger partial charge in [0.1, 0.15) is 0 Å². The molecule has 0 radical (unpaired) electrons. The summed E-state index contributed by atoms with van der Waals surface area (Å²) < 4.78 is 13.9. The SMILES string of the molecule is CN=C(NCc1cccc(C)n1)NC1CCN(c2ncccc2F)C1. The molecule has 2 aromatic heterocycles. The molecule has 6 nitrogen and oxygen atoms in total. The van der Waals surface area contributed by atoms with E-state index in [0.717, 1.165) is 30.3 Å². The molecule has 25 heavy (non-hydrogen) atoms. The summed E-state index contributed by atoms with van der Waals surface area (Å²) in [5.74, 6) is 0.853. The number of hydrogen-bond acceptors (Lipinski definition) is 4. The van der Waals surface area contributed by atoms with E-state index in [4.69, 9.17) is 0 Å². The maximum atomic E-state index is 13.9. The number of pyridine rings is 2. The van der Waals surface area contributed by atoms with E-state index < -0.39 is 0 Å². The standard InChI is InChI=1S/C18H23FN6/c1-13-5-3-6-14(23-13)11-22-18(20-2)24-15-8-10-25(12-15)17-16(19)7-4-9-21-17/h3-7,9,15H,8,10-12H2,1-2H3,(H2,20,22,24). The molecule has 1 atom stereocenters. The minimum Gasteiger partial charge on any atom is -0.352 e. The number of halogens is 1. The van der Waals surface area contributed by atoms with Crippen molar-refractivity contribution in [3.05, 3.63) is 53.7 Å². The lowest BCUT2D eigenvalue weighted by Gasteiger charge is -2.20. The number of aliphatic imine (C=N–C) groups is 1. The molecule has 1 aliphatic heterocycles. The van der Waals surface area contributed by atoms with Crippen LogP contribution in [-0.4, -0.2) is 42.1 Å². The normalized spacial score (nSPS) is 17.6. The Morgan fingerprint density at radius 1 is 1.36 bits per heavy atom. The number of guanidine groups is 1. The van der Waals surface area contributed by atoms with Gasteiger partial charge in [-0.1, -0.05) is 6.07 Å². The molecule has 0 spiro atoms. The summed E-state index contributed by atoms with van der Waals surface area (Å²) in [4.78, 5) is 14.8. The van der Waals surface area contributed by atoms with Gasteiger partial charge in [0.2, 0.25) is 0 Å². The van der Waals surface area contributed by atoms with Crippen molar-refractivity contribution in [3.63, 3.8) is 0 Å². The van der Waals surface area contributed by atoms with Crippen molar-refractivity contribution in [3.8, 4) is 0 Å². The van der Waals surface area contributed by atoms with Crippen LogP contribution in [-0.2, 0) is 6.54 Å². The predicted octanol–water partition coefficient (Wildman–Crippen LogP) is 1.87. The quantitative estimate of drug-likeness (QED) is 0.656. The molecular weight excluding hydrogens is 319 g/mol. The number of nitrogens with one attached hydrogen (secondary N) is 2. The number of rotatable bonds is 4. The Kier molecular flexibility index (Phi) is 5.42. The van der Waals surface area contributed by atoms with E-state index in [9.17, 15) is 4.39 Å². The van der Waals surface area contributed by atoms with Crippen LogP contribution in [0.1, 0.15) is 17.8 Å². The number of hydrogen-bond donors (Lipinski definition) is 2. The molecule has 0 saturated carbocycles. The molecule has 7 heteroatoms. The third-order valence-electron chi connectivity index (χ3n) is 4.17. The van der Waals surface area contributed by atoms with Gasteiger partial charge in [-0.25, -0.2) is 9.37 Å². The molecule has 0 aliphatic carbocycles. The fourth-order valence-electron chi connectivity index (χ4n) is 2.94. The summed E-state index contributed by atoms with van der Waals surface area (Å²) in [6.07, 6.45) is 2.52. The molecule has 3 heterocycles. The van der Waals surface area contributed by atoms with Crippen molar-refractivity contribution in [2.45, 2.75) is 25.9 Å². The summed E-state index contributed by atoms with van der Waals surface area (Å²) in [6, 6.07) is 9.19. The van der Waals surface area contributed by atoms with Gasteiger partial charge in [-0.2, -0.15) is 0 Å². The third-order valence-corrected chi connectivity index (χ3v) is 4.17. The molecule has 0 amide bonds. The Morgan fingerprint density at radius 2 is 2.24 bits per heavy atom. The first kappa shape index (κ1) is 17.1. The Balaban J connectivity index is 1.54. The van der Waals surface area contributed by atoms with Gasteiger partial charge in [0, 0.05) is 38.1 Å². The zero-order chi connectivity index (χ0) is 17.6. The molecular formula is C18H23FN6. The van der Waals surface area contributed by atoms with Crippen LogP contribution < -0.4 is 15.5 Å². The summed E-state index contributed by atoms with van der Waals surface area (Å²) in [5, 5.41) is 6.66. The van der Waals surface area contributed by atoms with E-state index in [1.807, 2.05) is 30.0 Å². The number of anilines is 1. The molecule has 1 aliphatic rings. The fraction of sp³-hybridized carbons (Fsp3) is 0.389. The van der Waals surface area contributed by atoms with E-state index in [1.165, 1.54) is 6.07 Å². The number of nitrogens with zero attached hydrogens (tertiary/aromatic N) is 4. The van der Waals surface area contributed by atoms with E-state index >= 15 is 0 Å². The maximum absolute atomic E-state index is 13.9. The van der Waals surface area contributed by atoms with Crippen LogP contribution in [0.15, 0.2) is 41.5 Å². The van der Waals surface area contributed by atoms with Crippen molar-refractivity contribution >= 4 is 11.8 Å². The van der Waals surface area contributed by atoms with Gasteiger partial charge in [0.25, 0.3) is 0 Å².